The van der Waals surface area contributed by atoms with Gasteiger partial charge in [-0.1, -0.05) is 23.8 Å². The molecule has 2 aliphatic heterocycles. The highest BCUT2D eigenvalue weighted by molar-refractivity contribution is 5.95. The molecule has 0 unspecified atom stereocenters. The van der Waals surface area contributed by atoms with Crippen LogP contribution in [0.4, 0.5) is 4.39 Å². The summed E-state index contributed by atoms with van der Waals surface area (Å²) >= 11 is 0. The van der Waals surface area contributed by atoms with E-state index in [-0.39, 0.29) is 35.1 Å². The first-order valence-corrected chi connectivity index (χ1v) is 12.6. The lowest BCUT2D eigenvalue weighted by molar-refractivity contribution is -0.117. The Bertz CT molecular complexity index is 1360. The standard InChI is InChI=1S/C29H30FN4O3/c1-19-12-26(35)28(31-16-19)29(37)34-10-6-20(7-11-34)14-27(36)32-25-8-9-33(18-25)17-21-2-3-23-15-24(30)5-4-22(23)13-21/h2-5,12-16,25,35H,6-11,17-18H2,1H3/t25-/m1/s1. The Balaban J connectivity index is 1.10. The van der Waals surface area contributed by atoms with Gasteiger partial charge in [-0.05, 0) is 72.4 Å². The molecule has 37 heavy (non-hydrogen) atoms. The smallest absolute Gasteiger partial charge is 0.276 e. The average molecular weight is 502 g/mol. The van der Waals surface area contributed by atoms with Crippen LogP contribution in [0.2, 0.25) is 0 Å². The summed E-state index contributed by atoms with van der Waals surface area (Å²) in [6.45, 7) is 5.12. The highest BCUT2D eigenvalue weighted by atomic mass is 19.1. The zero-order valence-corrected chi connectivity index (χ0v) is 20.9. The van der Waals surface area contributed by atoms with E-state index < -0.39 is 0 Å². The van der Waals surface area contributed by atoms with Crippen molar-refractivity contribution in [1.82, 2.24) is 20.1 Å². The van der Waals surface area contributed by atoms with Gasteiger partial charge < -0.3 is 10.0 Å². The molecule has 191 valence electrons. The minimum Gasteiger partial charge on any atom is -0.505 e. The molecule has 1 radical (unpaired) electrons. The number of pyridine rings is 1. The lowest BCUT2D eigenvalue weighted by Gasteiger charge is -2.28. The Morgan fingerprint density at radius 2 is 1.86 bits per heavy atom. The lowest BCUT2D eigenvalue weighted by atomic mass is 10.0. The van der Waals surface area contributed by atoms with Crippen molar-refractivity contribution < 1.29 is 19.1 Å². The van der Waals surface area contributed by atoms with Gasteiger partial charge in [0, 0.05) is 45.0 Å². The number of amides is 2. The van der Waals surface area contributed by atoms with Crippen molar-refractivity contribution in [3.05, 3.63) is 82.9 Å². The quantitative estimate of drug-likeness (QED) is 0.535. The minimum atomic E-state index is -0.294. The molecule has 2 aromatic carbocycles. The van der Waals surface area contributed by atoms with Gasteiger partial charge in [0.25, 0.3) is 11.8 Å². The van der Waals surface area contributed by atoms with Gasteiger partial charge in [0.2, 0.25) is 0 Å². The molecule has 1 atom stereocenters. The number of rotatable bonds is 5. The van der Waals surface area contributed by atoms with Crippen LogP contribution in [0.15, 0.2) is 60.3 Å². The predicted molar refractivity (Wildman–Crippen MR) is 139 cm³/mol. The van der Waals surface area contributed by atoms with E-state index in [1.54, 1.807) is 30.2 Å². The summed E-state index contributed by atoms with van der Waals surface area (Å²) in [4.78, 5) is 33.3. The zero-order valence-electron chi connectivity index (χ0n) is 20.9. The van der Waals surface area contributed by atoms with Gasteiger partial charge in [-0.25, -0.2) is 14.7 Å². The molecule has 5 rings (SSSR count). The van der Waals surface area contributed by atoms with Gasteiger partial charge in [0.1, 0.15) is 11.6 Å². The number of nitrogens with zero attached hydrogens (tertiary/aromatic N) is 4. The molecular formula is C29H30FN4O3. The second-order valence-corrected chi connectivity index (χ2v) is 9.95. The number of carbonyl (C=O) groups excluding carboxylic acids is 2. The summed E-state index contributed by atoms with van der Waals surface area (Å²) in [5, 5.41) is 16.4. The van der Waals surface area contributed by atoms with Crippen molar-refractivity contribution in [3.63, 3.8) is 0 Å². The van der Waals surface area contributed by atoms with Crippen LogP contribution in [0, 0.1) is 12.7 Å². The van der Waals surface area contributed by atoms with Crippen LogP contribution in [-0.4, -0.2) is 63.9 Å². The van der Waals surface area contributed by atoms with Crippen LogP contribution >= 0.6 is 0 Å². The summed E-state index contributed by atoms with van der Waals surface area (Å²) in [7, 11) is 0. The Morgan fingerprint density at radius 1 is 1.11 bits per heavy atom. The van der Waals surface area contributed by atoms with E-state index in [9.17, 15) is 19.1 Å². The van der Waals surface area contributed by atoms with E-state index >= 15 is 0 Å². The number of likely N-dealkylation sites (tertiary alicyclic amines) is 2. The van der Waals surface area contributed by atoms with E-state index in [2.05, 4.69) is 21.3 Å². The molecule has 3 heterocycles. The van der Waals surface area contributed by atoms with E-state index in [1.165, 1.54) is 18.2 Å². The number of aryl methyl sites for hydroxylation is 1. The molecule has 1 aromatic heterocycles. The maximum atomic E-state index is 13.4. The summed E-state index contributed by atoms with van der Waals surface area (Å²) < 4.78 is 13.4. The Kier molecular flexibility index (Phi) is 7.19. The number of piperidine rings is 1. The van der Waals surface area contributed by atoms with E-state index in [4.69, 9.17) is 0 Å². The molecular weight excluding hydrogens is 471 g/mol. The van der Waals surface area contributed by atoms with Gasteiger partial charge in [0.15, 0.2) is 5.69 Å². The van der Waals surface area contributed by atoms with E-state index in [0.29, 0.717) is 25.9 Å². The molecule has 2 aliphatic rings. The van der Waals surface area contributed by atoms with E-state index in [1.807, 2.05) is 12.1 Å². The molecule has 2 saturated heterocycles. The largest absolute Gasteiger partial charge is 0.505 e. The third kappa shape index (κ3) is 5.97. The fourth-order valence-electron chi connectivity index (χ4n) is 5.09. The van der Waals surface area contributed by atoms with Crippen LogP contribution in [0.5, 0.6) is 5.75 Å². The molecule has 3 aromatic rings. The van der Waals surface area contributed by atoms with Crippen molar-refractivity contribution in [2.45, 2.75) is 38.8 Å². The topological polar surface area (TPSA) is 87.8 Å². The van der Waals surface area contributed by atoms with Crippen LogP contribution < -0.4 is 5.32 Å². The van der Waals surface area contributed by atoms with Gasteiger partial charge in [-0.15, -0.1) is 0 Å². The van der Waals surface area contributed by atoms with E-state index in [0.717, 1.165) is 53.5 Å². The number of aromatic hydroxyl groups is 1. The fraction of sp³-hybridized carbons (Fsp3) is 0.345. The lowest BCUT2D eigenvalue weighted by Crippen LogP contribution is -2.37. The number of hydrogen-bond acceptors (Lipinski definition) is 5. The maximum Gasteiger partial charge on any atom is 0.276 e. The molecule has 2 amide bonds. The molecule has 0 spiro atoms. The average Bonchev–Trinajstić information content (AvgIpc) is 3.30. The molecule has 0 saturated carbocycles. The maximum absolute atomic E-state index is 13.4. The van der Waals surface area contributed by atoms with Crippen LogP contribution in [0.1, 0.15) is 40.9 Å². The number of halogens is 1. The third-order valence-corrected chi connectivity index (χ3v) is 7.06. The summed E-state index contributed by atoms with van der Waals surface area (Å²) in [5.41, 5.74) is 2.99. The molecule has 7 nitrogen and oxygen atoms in total. The summed E-state index contributed by atoms with van der Waals surface area (Å²) in [6, 6.07) is 12.4. The fourth-order valence-corrected chi connectivity index (χ4v) is 5.09. The van der Waals surface area contributed by atoms with Crippen molar-refractivity contribution in [2.24, 2.45) is 0 Å². The van der Waals surface area contributed by atoms with Crippen molar-refractivity contribution in [3.8, 4) is 5.75 Å². The monoisotopic (exact) mass is 501 g/mol. The van der Waals surface area contributed by atoms with Gasteiger partial charge in [-0.2, -0.15) is 0 Å². The van der Waals surface area contributed by atoms with Crippen molar-refractivity contribution in [2.75, 3.05) is 26.2 Å². The van der Waals surface area contributed by atoms with Crippen LogP contribution in [0.3, 0.4) is 0 Å². The Hall–Kier alpha value is -3.78. The van der Waals surface area contributed by atoms with Crippen LogP contribution in [0.25, 0.3) is 10.8 Å². The Labute approximate surface area is 215 Å². The van der Waals surface area contributed by atoms with Gasteiger partial charge >= 0.3 is 0 Å². The first-order chi connectivity index (χ1) is 17.8. The SMILES string of the molecule is Cc1cnc(C(=O)N2CCC(=CC(=O)[N][C@@H]3CCN(Cc4ccc5cc(F)ccc5c4)C3)CC2)c(O)c1. The number of carbonyl (C=O) groups is 2. The third-order valence-electron chi connectivity index (χ3n) is 7.06. The van der Waals surface area contributed by atoms with Crippen molar-refractivity contribution >= 4 is 22.6 Å². The zero-order chi connectivity index (χ0) is 25.9. The summed E-state index contributed by atoms with van der Waals surface area (Å²) in [5.74, 6) is -0.853. The second kappa shape index (κ2) is 10.7. The highest BCUT2D eigenvalue weighted by Gasteiger charge is 2.27. The minimum absolute atomic E-state index is 0.0313. The van der Waals surface area contributed by atoms with Gasteiger partial charge in [-0.3, -0.25) is 14.5 Å². The molecule has 2 fully saturated rings. The second-order valence-electron chi connectivity index (χ2n) is 9.95. The first kappa shape index (κ1) is 24.9. The molecule has 1 N–H and O–H groups in total. The Morgan fingerprint density at radius 3 is 2.65 bits per heavy atom. The predicted octanol–water partition coefficient (Wildman–Crippen LogP) is 3.96. The molecule has 0 bridgehead atoms. The van der Waals surface area contributed by atoms with Crippen LogP contribution in [-0.2, 0) is 11.3 Å². The number of hydrogen-bond donors (Lipinski definition) is 1. The highest BCUT2D eigenvalue weighted by Crippen LogP contribution is 2.23. The summed E-state index contributed by atoms with van der Waals surface area (Å²) in [6.07, 6.45) is 5.22. The number of fused-ring (bicyclic) bond motifs is 1. The normalized spacial score (nSPS) is 18.3. The number of benzene rings is 2. The molecule has 0 aliphatic carbocycles. The van der Waals surface area contributed by atoms with Crippen molar-refractivity contribution in [1.29, 1.82) is 0 Å². The first-order valence-electron chi connectivity index (χ1n) is 12.6. The number of aromatic nitrogens is 1. The van der Waals surface area contributed by atoms with Gasteiger partial charge in [0.05, 0.1) is 6.04 Å². The molecule has 8 heteroatoms.